The van der Waals surface area contributed by atoms with E-state index < -0.39 is 42.6 Å². The quantitative estimate of drug-likeness (QED) is 0.724. The molecule has 0 fully saturated rings. The molecule has 11 heteroatoms. The highest BCUT2D eigenvalue weighted by molar-refractivity contribution is 7.92. The molecule has 1 rings (SSSR count). The van der Waals surface area contributed by atoms with E-state index in [-0.39, 0.29) is 12.2 Å². The average Bonchev–Trinajstić information content (AvgIpc) is 2.39. The van der Waals surface area contributed by atoms with E-state index in [0.29, 0.717) is 6.07 Å². The van der Waals surface area contributed by atoms with Crippen molar-refractivity contribution in [2.24, 2.45) is 5.92 Å². The molecular weight excluding hydrogens is 351 g/mol. The van der Waals surface area contributed by atoms with Crippen LogP contribution in [0.5, 0.6) is 0 Å². The molecular formula is C12H17FN2O6S2. The third-order valence-electron chi connectivity index (χ3n) is 2.90. The van der Waals surface area contributed by atoms with Crippen LogP contribution in [-0.4, -0.2) is 52.1 Å². The molecule has 1 aromatic rings. The van der Waals surface area contributed by atoms with Crippen molar-refractivity contribution in [2.75, 3.05) is 24.6 Å². The fourth-order valence-electron chi connectivity index (χ4n) is 1.68. The summed E-state index contributed by atoms with van der Waals surface area (Å²) >= 11 is 0. The number of halogens is 1. The molecule has 130 valence electrons. The largest absolute Gasteiger partial charge is 0.481 e. The van der Waals surface area contributed by atoms with Crippen LogP contribution >= 0.6 is 0 Å². The maximum Gasteiger partial charge on any atom is 0.307 e. The number of hydrogen-bond donors (Lipinski definition) is 2. The molecule has 1 aromatic carbocycles. The monoisotopic (exact) mass is 368 g/mol. The van der Waals surface area contributed by atoms with E-state index in [1.165, 1.54) is 14.0 Å². The van der Waals surface area contributed by atoms with Crippen molar-refractivity contribution < 1.29 is 31.1 Å². The lowest BCUT2D eigenvalue weighted by molar-refractivity contribution is -0.141. The highest BCUT2D eigenvalue weighted by Crippen LogP contribution is 2.22. The molecule has 0 heterocycles. The van der Waals surface area contributed by atoms with Crippen molar-refractivity contribution >= 4 is 31.7 Å². The molecule has 0 aliphatic rings. The summed E-state index contributed by atoms with van der Waals surface area (Å²) in [7, 11) is -6.63. The first kappa shape index (κ1) is 19.3. The Morgan fingerprint density at radius 2 is 1.91 bits per heavy atom. The molecule has 0 aliphatic heterocycles. The van der Waals surface area contributed by atoms with Gasteiger partial charge in [-0.3, -0.25) is 9.52 Å². The number of sulfonamides is 2. The lowest BCUT2D eigenvalue weighted by Gasteiger charge is -2.19. The topological polar surface area (TPSA) is 121 Å². The summed E-state index contributed by atoms with van der Waals surface area (Å²) in [6.07, 6.45) is 0.832. The van der Waals surface area contributed by atoms with Crippen molar-refractivity contribution in [3.8, 4) is 0 Å². The summed E-state index contributed by atoms with van der Waals surface area (Å²) in [6, 6.07) is 2.69. The number of hydrogen-bond acceptors (Lipinski definition) is 5. The van der Waals surface area contributed by atoms with Crippen LogP contribution in [0, 0.1) is 11.7 Å². The molecule has 8 nitrogen and oxygen atoms in total. The van der Waals surface area contributed by atoms with Gasteiger partial charge >= 0.3 is 5.97 Å². The summed E-state index contributed by atoms with van der Waals surface area (Å²) in [6.45, 7) is 1.05. The summed E-state index contributed by atoms with van der Waals surface area (Å²) in [5.41, 5.74) is -0.381. The van der Waals surface area contributed by atoms with Crippen molar-refractivity contribution in [1.82, 2.24) is 4.31 Å². The summed E-state index contributed by atoms with van der Waals surface area (Å²) in [5, 5.41) is 8.81. The Bertz CT molecular complexity index is 807. The second-order valence-electron chi connectivity index (χ2n) is 5.04. The standard InChI is InChI=1S/C12H17FN2O6S2/c1-8(12(16)17)7-15(2)23(20,21)9-4-5-11(10(13)6-9)14-22(3,18)19/h4-6,8,14H,7H2,1-3H3,(H,16,17). The van der Waals surface area contributed by atoms with Gasteiger partial charge in [0.2, 0.25) is 20.0 Å². The molecule has 0 spiro atoms. The van der Waals surface area contributed by atoms with Crippen LogP contribution in [0.3, 0.4) is 0 Å². The zero-order valence-electron chi connectivity index (χ0n) is 12.6. The number of aliphatic carboxylic acids is 1. The Morgan fingerprint density at radius 3 is 2.35 bits per heavy atom. The van der Waals surface area contributed by atoms with Crippen LogP contribution in [0.4, 0.5) is 10.1 Å². The Balaban J connectivity index is 3.10. The van der Waals surface area contributed by atoms with Crippen LogP contribution < -0.4 is 4.72 Å². The van der Waals surface area contributed by atoms with E-state index >= 15 is 0 Å². The van der Waals surface area contributed by atoms with E-state index in [0.717, 1.165) is 22.7 Å². The fourth-order valence-corrected chi connectivity index (χ4v) is 3.52. The Morgan fingerprint density at radius 1 is 1.35 bits per heavy atom. The van der Waals surface area contributed by atoms with E-state index in [1.807, 2.05) is 4.72 Å². The van der Waals surface area contributed by atoms with Gasteiger partial charge in [-0.15, -0.1) is 0 Å². The van der Waals surface area contributed by atoms with Gasteiger partial charge in [0, 0.05) is 13.6 Å². The number of nitrogens with one attached hydrogen (secondary N) is 1. The zero-order valence-corrected chi connectivity index (χ0v) is 14.3. The van der Waals surface area contributed by atoms with E-state index in [1.54, 1.807) is 0 Å². The van der Waals surface area contributed by atoms with Crippen LogP contribution in [0.1, 0.15) is 6.92 Å². The van der Waals surface area contributed by atoms with Gasteiger partial charge in [-0.05, 0) is 18.2 Å². The molecule has 23 heavy (non-hydrogen) atoms. The molecule has 0 saturated carbocycles. The maximum atomic E-state index is 13.9. The molecule has 0 saturated heterocycles. The first-order valence-electron chi connectivity index (χ1n) is 6.31. The lowest BCUT2D eigenvalue weighted by atomic mass is 10.2. The second-order valence-corrected chi connectivity index (χ2v) is 8.83. The van der Waals surface area contributed by atoms with E-state index in [4.69, 9.17) is 5.11 Å². The van der Waals surface area contributed by atoms with Crippen LogP contribution in [0.25, 0.3) is 0 Å². The molecule has 0 aliphatic carbocycles. The first-order valence-corrected chi connectivity index (χ1v) is 9.64. The Hall–Kier alpha value is -1.72. The molecule has 2 N–H and O–H groups in total. The predicted molar refractivity (Wildman–Crippen MR) is 81.5 cm³/mol. The van der Waals surface area contributed by atoms with E-state index in [9.17, 15) is 26.0 Å². The average molecular weight is 368 g/mol. The van der Waals surface area contributed by atoms with Gasteiger partial charge < -0.3 is 5.11 Å². The fraction of sp³-hybridized carbons (Fsp3) is 0.417. The lowest BCUT2D eigenvalue weighted by Crippen LogP contribution is -2.33. The highest BCUT2D eigenvalue weighted by Gasteiger charge is 2.25. The first-order chi connectivity index (χ1) is 10.3. The van der Waals surface area contributed by atoms with Gasteiger partial charge in [-0.25, -0.2) is 25.5 Å². The maximum absolute atomic E-state index is 13.9. The number of rotatable bonds is 7. The molecule has 0 aromatic heterocycles. The van der Waals surface area contributed by atoms with Gasteiger partial charge in [0.15, 0.2) is 0 Å². The van der Waals surface area contributed by atoms with Crippen LogP contribution in [0.15, 0.2) is 23.1 Å². The number of benzene rings is 1. The normalized spacial score (nSPS) is 13.8. The minimum absolute atomic E-state index is 0.289. The summed E-state index contributed by atoms with van der Waals surface area (Å²) < 4.78 is 63.2. The van der Waals surface area contributed by atoms with Gasteiger partial charge in [-0.2, -0.15) is 0 Å². The van der Waals surface area contributed by atoms with Gasteiger partial charge in [0.25, 0.3) is 0 Å². The molecule has 1 atom stereocenters. The van der Waals surface area contributed by atoms with Crippen molar-refractivity contribution in [1.29, 1.82) is 0 Å². The van der Waals surface area contributed by atoms with Gasteiger partial charge in [0.05, 0.1) is 22.8 Å². The number of carbonyl (C=O) groups is 1. The summed E-state index contributed by atoms with van der Waals surface area (Å²) in [4.78, 5) is 10.4. The third-order valence-corrected chi connectivity index (χ3v) is 5.31. The molecule has 1 unspecified atom stereocenters. The van der Waals surface area contributed by atoms with Crippen LogP contribution in [-0.2, 0) is 24.8 Å². The highest BCUT2D eigenvalue weighted by atomic mass is 32.2. The smallest absolute Gasteiger partial charge is 0.307 e. The zero-order chi connectivity index (χ0) is 18.0. The van der Waals surface area contributed by atoms with Crippen LogP contribution in [0.2, 0.25) is 0 Å². The second kappa shape index (κ2) is 6.81. The number of carboxylic acid groups (broad SMARTS) is 1. The minimum Gasteiger partial charge on any atom is -0.481 e. The molecule has 0 radical (unpaired) electrons. The van der Waals surface area contributed by atoms with Crippen molar-refractivity contribution in [3.63, 3.8) is 0 Å². The Kier molecular flexibility index (Phi) is 5.72. The van der Waals surface area contributed by atoms with Gasteiger partial charge in [-0.1, -0.05) is 6.92 Å². The van der Waals surface area contributed by atoms with Crippen molar-refractivity contribution in [2.45, 2.75) is 11.8 Å². The molecule has 0 bridgehead atoms. The predicted octanol–water partition coefficient (Wildman–Crippen LogP) is 0.538. The van der Waals surface area contributed by atoms with E-state index in [2.05, 4.69) is 0 Å². The Labute approximate surface area is 134 Å². The van der Waals surface area contributed by atoms with Gasteiger partial charge in [0.1, 0.15) is 5.82 Å². The third kappa shape index (κ3) is 5.15. The number of carboxylic acids is 1. The minimum atomic E-state index is -4.10. The summed E-state index contributed by atoms with van der Waals surface area (Å²) in [5.74, 6) is -3.16. The number of nitrogens with zero attached hydrogens (tertiary/aromatic N) is 1. The SMILES string of the molecule is CC(CN(C)S(=O)(=O)c1ccc(NS(C)(=O)=O)c(F)c1)C(=O)O. The molecule has 0 amide bonds. The van der Waals surface area contributed by atoms with Crippen molar-refractivity contribution in [3.05, 3.63) is 24.0 Å². The number of anilines is 1.